The fourth-order valence-electron chi connectivity index (χ4n) is 2.50. The summed E-state index contributed by atoms with van der Waals surface area (Å²) >= 11 is 0. The van der Waals surface area contributed by atoms with E-state index in [1.54, 1.807) is 12.1 Å². The van der Waals surface area contributed by atoms with E-state index in [4.69, 9.17) is 0 Å². The maximum Gasteiger partial charge on any atom is 0.140 e. The molecule has 0 amide bonds. The van der Waals surface area contributed by atoms with Crippen LogP contribution in [0, 0.1) is 5.82 Å². The molecule has 1 N–H and O–H groups in total. The molecule has 4 heteroatoms. The summed E-state index contributed by atoms with van der Waals surface area (Å²) in [5.41, 5.74) is 1.74. The maximum absolute atomic E-state index is 14.1. The van der Waals surface area contributed by atoms with E-state index in [0.29, 0.717) is 23.3 Å². The fourth-order valence-corrected chi connectivity index (χ4v) is 2.50. The van der Waals surface area contributed by atoms with Crippen molar-refractivity contribution >= 4 is 16.7 Å². The highest BCUT2D eigenvalue weighted by molar-refractivity contribution is 5.89. The standard InChI is InChI=1S/C18H18FN3/c1-18(2,13-7-4-3-5-8-13)11-20-17-16-14(19)9-6-10-15(16)21-12-22-17/h3-10,12H,11H2,1-2H3,(H,20,21,22). The molecule has 1 heterocycles. The zero-order valence-corrected chi connectivity index (χ0v) is 12.7. The zero-order chi connectivity index (χ0) is 15.6. The number of halogens is 1. The minimum atomic E-state index is -0.307. The van der Waals surface area contributed by atoms with E-state index < -0.39 is 0 Å². The van der Waals surface area contributed by atoms with Crippen molar-refractivity contribution in [3.05, 3.63) is 66.2 Å². The molecule has 0 saturated heterocycles. The number of hydrogen-bond acceptors (Lipinski definition) is 3. The summed E-state index contributed by atoms with van der Waals surface area (Å²) < 4.78 is 14.1. The summed E-state index contributed by atoms with van der Waals surface area (Å²) in [6.07, 6.45) is 1.46. The van der Waals surface area contributed by atoms with Crippen LogP contribution in [0.4, 0.5) is 10.2 Å². The van der Waals surface area contributed by atoms with Gasteiger partial charge in [0.25, 0.3) is 0 Å². The molecule has 0 bridgehead atoms. The second kappa shape index (κ2) is 5.72. The highest BCUT2D eigenvalue weighted by Crippen LogP contribution is 2.26. The third kappa shape index (κ3) is 2.77. The average molecular weight is 295 g/mol. The van der Waals surface area contributed by atoms with Crippen molar-refractivity contribution < 1.29 is 4.39 Å². The molecule has 0 spiro atoms. The first-order chi connectivity index (χ1) is 10.6. The normalized spacial score (nSPS) is 11.6. The van der Waals surface area contributed by atoms with Crippen LogP contribution in [0.25, 0.3) is 10.9 Å². The number of anilines is 1. The molecule has 3 rings (SSSR count). The summed E-state index contributed by atoms with van der Waals surface area (Å²) in [5.74, 6) is 0.227. The second-order valence-corrected chi connectivity index (χ2v) is 5.96. The van der Waals surface area contributed by atoms with Crippen molar-refractivity contribution in [3.8, 4) is 0 Å². The van der Waals surface area contributed by atoms with Gasteiger partial charge in [0.2, 0.25) is 0 Å². The summed E-state index contributed by atoms with van der Waals surface area (Å²) in [6, 6.07) is 15.1. The summed E-state index contributed by atoms with van der Waals surface area (Å²) in [6.45, 7) is 4.95. The monoisotopic (exact) mass is 295 g/mol. The quantitative estimate of drug-likeness (QED) is 0.785. The van der Waals surface area contributed by atoms with Crippen molar-refractivity contribution in [2.75, 3.05) is 11.9 Å². The van der Waals surface area contributed by atoms with Gasteiger partial charge in [-0.25, -0.2) is 14.4 Å². The lowest BCUT2D eigenvalue weighted by atomic mass is 9.84. The third-order valence-electron chi connectivity index (χ3n) is 3.87. The molecule has 2 aromatic carbocycles. The number of benzene rings is 2. The van der Waals surface area contributed by atoms with E-state index in [9.17, 15) is 4.39 Å². The van der Waals surface area contributed by atoms with Crippen LogP contribution >= 0.6 is 0 Å². The molecule has 0 saturated carbocycles. The largest absolute Gasteiger partial charge is 0.368 e. The Morgan fingerprint density at radius 2 is 1.77 bits per heavy atom. The molecule has 0 aliphatic rings. The Morgan fingerprint density at radius 1 is 1.00 bits per heavy atom. The smallest absolute Gasteiger partial charge is 0.140 e. The minimum Gasteiger partial charge on any atom is -0.368 e. The van der Waals surface area contributed by atoms with Gasteiger partial charge in [0, 0.05) is 12.0 Å². The Kier molecular flexibility index (Phi) is 3.75. The van der Waals surface area contributed by atoms with Crippen molar-refractivity contribution in [1.29, 1.82) is 0 Å². The van der Waals surface area contributed by atoms with E-state index in [1.807, 2.05) is 18.2 Å². The van der Waals surface area contributed by atoms with Gasteiger partial charge in [0.05, 0.1) is 10.9 Å². The van der Waals surface area contributed by atoms with E-state index >= 15 is 0 Å². The first-order valence-corrected chi connectivity index (χ1v) is 7.26. The van der Waals surface area contributed by atoms with Crippen molar-refractivity contribution in [2.24, 2.45) is 0 Å². The average Bonchev–Trinajstić information content (AvgIpc) is 2.54. The lowest BCUT2D eigenvalue weighted by molar-refractivity contribution is 0.556. The maximum atomic E-state index is 14.1. The minimum absolute atomic E-state index is 0.0935. The molecule has 0 radical (unpaired) electrons. The SMILES string of the molecule is CC(C)(CNc1ncnc2cccc(F)c12)c1ccccc1. The van der Waals surface area contributed by atoms with Crippen LogP contribution in [-0.2, 0) is 5.41 Å². The molecule has 112 valence electrons. The van der Waals surface area contributed by atoms with Gasteiger partial charge in [-0.2, -0.15) is 0 Å². The highest BCUT2D eigenvalue weighted by Gasteiger charge is 2.21. The summed E-state index contributed by atoms with van der Waals surface area (Å²) in [4.78, 5) is 8.32. The summed E-state index contributed by atoms with van der Waals surface area (Å²) in [5, 5.41) is 3.71. The van der Waals surface area contributed by atoms with Crippen molar-refractivity contribution in [3.63, 3.8) is 0 Å². The first kappa shape index (κ1) is 14.4. The Morgan fingerprint density at radius 3 is 2.55 bits per heavy atom. The van der Waals surface area contributed by atoms with Gasteiger partial charge in [-0.15, -0.1) is 0 Å². The lowest BCUT2D eigenvalue weighted by Gasteiger charge is -2.26. The molecule has 3 aromatic rings. The number of rotatable bonds is 4. The molecular formula is C18H18FN3. The predicted molar refractivity (Wildman–Crippen MR) is 87.5 cm³/mol. The van der Waals surface area contributed by atoms with E-state index in [1.165, 1.54) is 18.0 Å². The number of nitrogens with zero attached hydrogens (tertiary/aromatic N) is 2. The topological polar surface area (TPSA) is 37.8 Å². The Labute approximate surface area is 129 Å². The van der Waals surface area contributed by atoms with Crippen LogP contribution in [-0.4, -0.2) is 16.5 Å². The Bertz CT molecular complexity index is 779. The molecule has 0 aliphatic heterocycles. The molecule has 22 heavy (non-hydrogen) atoms. The van der Waals surface area contributed by atoms with Crippen molar-refractivity contribution in [2.45, 2.75) is 19.3 Å². The highest BCUT2D eigenvalue weighted by atomic mass is 19.1. The molecule has 3 nitrogen and oxygen atoms in total. The van der Waals surface area contributed by atoms with Crippen LogP contribution in [0.3, 0.4) is 0 Å². The predicted octanol–water partition coefficient (Wildman–Crippen LogP) is 4.16. The lowest BCUT2D eigenvalue weighted by Crippen LogP contribution is -2.28. The van der Waals surface area contributed by atoms with Crippen LogP contribution in [0.1, 0.15) is 19.4 Å². The molecule has 0 aliphatic carbocycles. The van der Waals surface area contributed by atoms with Crippen LogP contribution in [0.2, 0.25) is 0 Å². The number of hydrogen-bond donors (Lipinski definition) is 1. The van der Waals surface area contributed by atoms with Gasteiger partial charge in [-0.3, -0.25) is 0 Å². The van der Waals surface area contributed by atoms with Gasteiger partial charge < -0.3 is 5.32 Å². The van der Waals surface area contributed by atoms with Crippen LogP contribution in [0.5, 0.6) is 0 Å². The first-order valence-electron chi connectivity index (χ1n) is 7.26. The molecule has 1 aromatic heterocycles. The number of nitrogens with one attached hydrogen (secondary N) is 1. The van der Waals surface area contributed by atoms with Gasteiger partial charge in [0.15, 0.2) is 0 Å². The molecular weight excluding hydrogens is 277 g/mol. The van der Waals surface area contributed by atoms with Gasteiger partial charge in [-0.1, -0.05) is 50.2 Å². The zero-order valence-electron chi connectivity index (χ0n) is 12.7. The summed E-state index contributed by atoms with van der Waals surface area (Å²) in [7, 11) is 0. The van der Waals surface area contributed by atoms with Crippen LogP contribution in [0.15, 0.2) is 54.9 Å². The molecule has 0 unspecified atom stereocenters. The number of aromatic nitrogens is 2. The fraction of sp³-hybridized carbons (Fsp3) is 0.222. The molecule has 0 fully saturated rings. The van der Waals surface area contributed by atoms with E-state index in [0.717, 1.165) is 0 Å². The van der Waals surface area contributed by atoms with Crippen molar-refractivity contribution in [1.82, 2.24) is 9.97 Å². The van der Waals surface area contributed by atoms with Crippen LogP contribution < -0.4 is 5.32 Å². The van der Waals surface area contributed by atoms with E-state index in [2.05, 4.69) is 41.3 Å². The Hall–Kier alpha value is -2.49. The third-order valence-corrected chi connectivity index (χ3v) is 3.87. The second-order valence-electron chi connectivity index (χ2n) is 5.96. The molecule has 0 atom stereocenters. The Balaban J connectivity index is 1.88. The van der Waals surface area contributed by atoms with Gasteiger partial charge >= 0.3 is 0 Å². The van der Waals surface area contributed by atoms with E-state index in [-0.39, 0.29) is 11.2 Å². The van der Waals surface area contributed by atoms with Gasteiger partial charge in [0.1, 0.15) is 18.0 Å². The number of fused-ring (bicyclic) bond motifs is 1. The van der Waals surface area contributed by atoms with Gasteiger partial charge in [-0.05, 0) is 17.7 Å².